The number of carbonyl (C=O) groups excluding carboxylic acids is 1. The van der Waals surface area contributed by atoms with E-state index in [-0.39, 0.29) is 16.0 Å². The summed E-state index contributed by atoms with van der Waals surface area (Å²) in [5.41, 5.74) is 5.91. The molecule has 0 aliphatic carbocycles. The van der Waals surface area contributed by atoms with Crippen LogP contribution in [0.5, 0.6) is 0 Å². The molecule has 2 rings (SSSR count). The first-order valence-electron chi connectivity index (χ1n) is 4.31. The van der Waals surface area contributed by atoms with Gasteiger partial charge >= 0.3 is 0 Å². The van der Waals surface area contributed by atoms with Crippen molar-refractivity contribution in [2.75, 3.05) is 11.1 Å². The van der Waals surface area contributed by atoms with E-state index in [2.05, 4.69) is 15.5 Å². The van der Waals surface area contributed by atoms with Crippen LogP contribution in [0, 0.1) is 0 Å². The lowest BCUT2D eigenvalue weighted by molar-refractivity contribution is 0.102. The largest absolute Gasteiger partial charge is 0.374 e. The van der Waals surface area contributed by atoms with Crippen LogP contribution in [-0.4, -0.2) is 16.1 Å². The maximum absolute atomic E-state index is 11.7. The predicted octanol–water partition coefficient (Wildman–Crippen LogP) is 2.03. The first kappa shape index (κ1) is 10.8. The Morgan fingerprint density at radius 2 is 2.12 bits per heavy atom. The van der Waals surface area contributed by atoms with Crippen LogP contribution in [0.15, 0.2) is 24.3 Å². The molecule has 5 nitrogen and oxygen atoms in total. The highest BCUT2D eigenvalue weighted by Crippen LogP contribution is 2.21. The number of nitrogens with one attached hydrogen (secondary N) is 1. The SMILES string of the molecule is Nc1nnc(C(=O)Nc2ccccc2Cl)s1. The molecule has 1 aromatic carbocycles. The van der Waals surface area contributed by atoms with Gasteiger partial charge < -0.3 is 11.1 Å². The Labute approximate surface area is 100 Å². The van der Waals surface area contributed by atoms with Gasteiger partial charge in [0.05, 0.1) is 10.7 Å². The number of para-hydroxylation sites is 1. The normalized spacial score (nSPS) is 10.1. The highest BCUT2D eigenvalue weighted by Gasteiger charge is 2.12. The fraction of sp³-hybridized carbons (Fsp3) is 0. The molecule has 0 saturated heterocycles. The van der Waals surface area contributed by atoms with Gasteiger partial charge in [-0.2, -0.15) is 0 Å². The van der Waals surface area contributed by atoms with Crippen LogP contribution in [-0.2, 0) is 0 Å². The van der Waals surface area contributed by atoms with Gasteiger partial charge in [0.1, 0.15) is 0 Å². The zero-order chi connectivity index (χ0) is 11.5. The molecule has 0 radical (unpaired) electrons. The van der Waals surface area contributed by atoms with Crippen LogP contribution in [0.1, 0.15) is 9.80 Å². The van der Waals surface area contributed by atoms with Crippen LogP contribution in [0.2, 0.25) is 5.02 Å². The molecule has 0 bridgehead atoms. The number of nitrogen functional groups attached to an aromatic ring is 1. The predicted molar refractivity (Wildman–Crippen MR) is 63.7 cm³/mol. The Morgan fingerprint density at radius 3 is 2.75 bits per heavy atom. The molecular formula is C9H7ClN4OS. The summed E-state index contributed by atoms with van der Waals surface area (Å²) in [7, 11) is 0. The highest BCUT2D eigenvalue weighted by atomic mass is 35.5. The lowest BCUT2D eigenvalue weighted by Crippen LogP contribution is -2.11. The van der Waals surface area contributed by atoms with E-state index >= 15 is 0 Å². The molecule has 1 aromatic heterocycles. The second-order valence-electron chi connectivity index (χ2n) is 2.88. The molecule has 0 saturated carbocycles. The molecule has 3 N–H and O–H groups in total. The van der Waals surface area contributed by atoms with Crippen molar-refractivity contribution in [3.8, 4) is 0 Å². The number of aromatic nitrogens is 2. The smallest absolute Gasteiger partial charge is 0.286 e. The molecule has 0 unspecified atom stereocenters. The molecule has 16 heavy (non-hydrogen) atoms. The number of halogens is 1. The molecule has 7 heteroatoms. The molecule has 0 fully saturated rings. The quantitative estimate of drug-likeness (QED) is 0.859. The third kappa shape index (κ3) is 2.29. The van der Waals surface area contributed by atoms with Crippen LogP contribution >= 0.6 is 22.9 Å². The van der Waals surface area contributed by atoms with E-state index in [1.54, 1.807) is 24.3 Å². The maximum atomic E-state index is 11.7. The third-order valence-corrected chi connectivity index (χ3v) is 2.84. The van der Waals surface area contributed by atoms with Crippen LogP contribution < -0.4 is 11.1 Å². The number of rotatable bonds is 2. The maximum Gasteiger partial charge on any atom is 0.286 e. The van der Waals surface area contributed by atoms with Crippen LogP contribution in [0.3, 0.4) is 0 Å². The van der Waals surface area contributed by atoms with E-state index in [9.17, 15) is 4.79 Å². The zero-order valence-electron chi connectivity index (χ0n) is 7.98. The minimum absolute atomic E-state index is 0.206. The van der Waals surface area contributed by atoms with Gasteiger partial charge in [-0.05, 0) is 12.1 Å². The average molecular weight is 255 g/mol. The van der Waals surface area contributed by atoms with Gasteiger partial charge in [0.2, 0.25) is 10.1 Å². The average Bonchev–Trinajstić information content (AvgIpc) is 2.68. The van der Waals surface area contributed by atoms with E-state index in [0.717, 1.165) is 11.3 Å². The minimum Gasteiger partial charge on any atom is -0.374 e. The molecule has 0 atom stereocenters. The van der Waals surface area contributed by atoms with Crippen LogP contribution in [0.4, 0.5) is 10.8 Å². The Kier molecular flexibility index (Phi) is 3.02. The van der Waals surface area contributed by atoms with E-state index in [4.69, 9.17) is 17.3 Å². The monoisotopic (exact) mass is 254 g/mol. The van der Waals surface area contributed by atoms with Crippen molar-refractivity contribution >= 4 is 39.7 Å². The van der Waals surface area contributed by atoms with Gasteiger partial charge in [0.15, 0.2) is 0 Å². The highest BCUT2D eigenvalue weighted by molar-refractivity contribution is 7.17. The summed E-state index contributed by atoms with van der Waals surface area (Å²) in [6.07, 6.45) is 0. The molecular weight excluding hydrogens is 248 g/mol. The summed E-state index contributed by atoms with van der Waals surface area (Å²) in [5, 5.41) is 10.7. The summed E-state index contributed by atoms with van der Waals surface area (Å²) in [4.78, 5) is 11.7. The van der Waals surface area contributed by atoms with Crippen molar-refractivity contribution < 1.29 is 4.79 Å². The lowest BCUT2D eigenvalue weighted by atomic mass is 10.3. The molecule has 0 spiro atoms. The van der Waals surface area contributed by atoms with Crippen molar-refractivity contribution in [2.45, 2.75) is 0 Å². The van der Waals surface area contributed by atoms with Crippen molar-refractivity contribution in [2.24, 2.45) is 0 Å². The summed E-state index contributed by atoms with van der Waals surface area (Å²) in [6.45, 7) is 0. The van der Waals surface area contributed by atoms with Gasteiger partial charge in [0.25, 0.3) is 5.91 Å². The van der Waals surface area contributed by atoms with Crippen LogP contribution in [0.25, 0.3) is 0 Å². The molecule has 0 aliphatic rings. The number of hydrogen-bond acceptors (Lipinski definition) is 5. The third-order valence-electron chi connectivity index (χ3n) is 1.76. The summed E-state index contributed by atoms with van der Waals surface area (Å²) in [6, 6.07) is 6.94. The molecule has 1 amide bonds. The number of nitrogens with two attached hydrogens (primary N) is 1. The standard InChI is InChI=1S/C9H7ClN4OS/c10-5-3-1-2-4-6(5)12-7(15)8-13-14-9(11)16-8/h1-4H,(H2,11,14)(H,12,15). The van der Waals surface area contributed by atoms with Crippen molar-refractivity contribution in [1.29, 1.82) is 0 Å². The first-order chi connectivity index (χ1) is 7.66. The number of amides is 1. The topological polar surface area (TPSA) is 80.9 Å². The Balaban J connectivity index is 2.17. The van der Waals surface area contributed by atoms with Crippen molar-refractivity contribution in [3.63, 3.8) is 0 Å². The Morgan fingerprint density at radius 1 is 1.38 bits per heavy atom. The summed E-state index contributed by atoms with van der Waals surface area (Å²) < 4.78 is 0. The van der Waals surface area contributed by atoms with E-state index in [1.165, 1.54) is 0 Å². The Hall–Kier alpha value is -1.66. The number of carbonyl (C=O) groups is 1. The number of anilines is 2. The van der Waals surface area contributed by atoms with E-state index < -0.39 is 0 Å². The molecule has 2 aromatic rings. The fourth-order valence-corrected chi connectivity index (χ4v) is 1.75. The number of nitrogens with zero attached hydrogens (tertiary/aromatic N) is 2. The minimum atomic E-state index is -0.373. The fourth-order valence-electron chi connectivity index (χ4n) is 1.06. The van der Waals surface area contributed by atoms with Gasteiger partial charge in [0, 0.05) is 0 Å². The van der Waals surface area contributed by atoms with Crippen molar-refractivity contribution in [3.05, 3.63) is 34.3 Å². The van der Waals surface area contributed by atoms with Gasteiger partial charge in [-0.25, -0.2) is 0 Å². The van der Waals surface area contributed by atoms with E-state index in [0.29, 0.717) is 10.7 Å². The van der Waals surface area contributed by atoms with Crippen molar-refractivity contribution in [1.82, 2.24) is 10.2 Å². The second-order valence-corrected chi connectivity index (χ2v) is 4.30. The number of hydrogen-bond donors (Lipinski definition) is 2. The molecule has 0 aliphatic heterocycles. The summed E-state index contributed by atoms with van der Waals surface area (Å²) in [5.74, 6) is -0.373. The summed E-state index contributed by atoms with van der Waals surface area (Å²) >= 11 is 6.91. The molecule has 82 valence electrons. The van der Waals surface area contributed by atoms with E-state index in [1.807, 2.05) is 0 Å². The number of benzene rings is 1. The second kappa shape index (κ2) is 4.46. The Bertz CT molecular complexity index is 528. The van der Waals surface area contributed by atoms with Gasteiger partial charge in [-0.1, -0.05) is 35.1 Å². The zero-order valence-corrected chi connectivity index (χ0v) is 9.55. The van der Waals surface area contributed by atoms with Gasteiger partial charge in [-0.3, -0.25) is 4.79 Å². The lowest BCUT2D eigenvalue weighted by Gasteiger charge is -2.03. The van der Waals surface area contributed by atoms with Gasteiger partial charge in [-0.15, -0.1) is 10.2 Å². The first-order valence-corrected chi connectivity index (χ1v) is 5.51. The molecule has 1 heterocycles.